The number of hydrogen-bond donors (Lipinski definition) is 1. The summed E-state index contributed by atoms with van der Waals surface area (Å²) < 4.78 is 47.3. The average molecular weight is 334 g/mol. The highest BCUT2D eigenvalue weighted by atomic mass is 32.2. The Kier molecular flexibility index (Phi) is 4.68. The number of allylic oxidation sites excluding steroid dienone is 2. The summed E-state index contributed by atoms with van der Waals surface area (Å²) in [6.45, 7) is 0. The Morgan fingerprint density at radius 3 is 2.30 bits per heavy atom. The van der Waals surface area contributed by atoms with Gasteiger partial charge >= 0.3 is 0 Å². The zero-order chi connectivity index (χ0) is 16.4. The van der Waals surface area contributed by atoms with E-state index < -0.39 is 16.9 Å². The Hall–Kier alpha value is -1.85. The molecule has 3 rings (SSSR count). The van der Waals surface area contributed by atoms with E-state index in [0.29, 0.717) is 0 Å². The van der Waals surface area contributed by atoms with Crippen molar-refractivity contribution in [2.45, 2.75) is 25.0 Å². The van der Waals surface area contributed by atoms with Crippen molar-refractivity contribution in [2.24, 2.45) is 0 Å². The molecule has 0 heterocycles. The lowest BCUT2D eigenvalue weighted by Crippen LogP contribution is -1.98. The first-order valence-corrected chi connectivity index (χ1v) is 8.66. The molecule has 120 valence electrons. The van der Waals surface area contributed by atoms with Crippen LogP contribution in [-0.4, -0.2) is 8.76 Å². The van der Waals surface area contributed by atoms with Gasteiger partial charge < -0.3 is 4.55 Å². The van der Waals surface area contributed by atoms with Crippen LogP contribution >= 0.6 is 0 Å². The minimum atomic E-state index is -2.07. The molecule has 0 amide bonds. The third-order valence-electron chi connectivity index (χ3n) is 4.07. The van der Waals surface area contributed by atoms with Gasteiger partial charge in [-0.25, -0.2) is 13.0 Å². The van der Waals surface area contributed by atoms with Crippen molar-refractivity contribution in [3.63, 3.8) is 0 Å². The molecule has 1 atom stereocenters. The summed E-state index contributed by atoms with van der Waals surface area (Å²) in [4.78, 5) is 0. The van der Waals surface area contributed by atoms with Crippen LogP contribution in [0.3, 0.4) is 0 Å². The molecule has 0 radical (unpaired) electrons. The first-order valence-electron chi connectivity index (χ1n) is 7.39. The van der Waals surface area contributed by atoms with Crippen molar-refractivity contribution in [3.05, 3.63) is 70.8 Å². The molecule has 0 fully saturated rings. The molecule has 2 aromatic carbocycles. The lowest BCUT2D eigenvalue weighted by Gasteiger charge is -2.10. The van der Waals surface area contributed by atoms with Crippen LogP contribution in [0.1, 0.15) is 36.0 Å². The van der Waals surface area contributed by atoms with Gasteiger partial charge in [-0.05, 0) is 59.7 Å². The van der Waals surface area contributed by atoms with Gasteiger partial charge in [-0.15, -0.1) is 0 Å². The first-order chi connectivity index (χ1) is 11.0. The Bertz CT molecular complexity index is 799. The van der Waals surface area contributed by atoms with E-state index in [1.165, 1.54) is 18.2 Å². The summed E-state index contributed by atoms with van der Waals surface area (Å²) in [7, 11) is 0. The van der Waals surface area contributed by atoms with Gasteiger partial charge in [-0.2, -0.15) is 0 Å². The van der Waals surface area contributed by atoms with Crippen LogP contribution < -0.4 is 0 Å². The first kappa shape index (κ1) is 16.0. The van der Waals surface area contributed by atoms with E-state index in [-0.39, 0.29) is 17.1 Å². The summed E-state index contributed by atoms with van der Waals surface area (Å²) in [6, 6.07) is 11.2. The van der Waals surface area contributed by atoms with Crippen LogP contribution in [0.5, 0.6) is 0 Å². The SMILES string of the molecule is O=S(O)Cc1ccc(C2=C(c3cccc(F)c3)CCC2)cc1F. The predicted octanol–water partition coefficient (Wildman–Crippen LogP) is 4.78. The van der Waals surface area contributed by atoms with Gasteiger partial charge in [-0.1, -0.05) is 24.3 Å². The lowest BCUT2D eigenvalue weighted by molar-refractivity contribution is 0.559. The van der Waals surface area contributed by atoms with Gasteiger partial charge in [0.2, 0.25) is 0 Å². The summed E-state index contributed by atoms with van der Waals surface area (Å²) in [6.07, 6.45) is 2.60. The van der Waals surface area contributed by atoms with Gasteiger partial charge in [0.1, 0.15) is 11.6 Å². The number of hydrogen-bond acceptors (Lipinski definition) is 1. The van der Waals surface area contributed by atoms with Gasteiger partial charge in [0.25, 0.3) is 0 Å². The molecular weight excluding hydrogens is 318 g/mol. The Labute approximate surface area is 136 Å². The topological polar surface area (TPSA) is 37.3 Å². The van der Waals surface area contributed by atoms with E-state index in [0.717, 1.165) is 41.5 Å². The van der Waals surface area contributed by atoms with Crippen molar-refractivity contribution in [2.75, 3.05) is 0 Å². The zero-order valence-electron chi connectivity index (χ0n) is 12.4. The highest BCUT2D eigenvalue weighted by Crippen LogP contribution is 2.40. The van der Waals surface area contributed by atoms with Crippen LogP contribution in [0, 0.1) is 11.6 Å². The van der Waals surface area contributed by atoms with Crippen LogP contribution in [0.2, 0.25) is 0 Å². The van der Waals surface area contributed by atoms with E-state index in [1.807, 2.05) is 6.07 Å². The summed E-state index contributed by atoms with van der Waals surface area (Å²) >= 11 is -2.07. The summed E-state index contributed by atoms with van der Waals surface area (Å²) in [5.41, 5.74) is 3.87. The maximum Gasteiger partial charge on any atom is 0.157 e. The Morgan fingerprint density at radius 1 is 1.00 bits per heavy atom. The number of benzene rings is 2. The van der Waals surface area contributed by atoms with Crippen molar-refractivity contribution in [1.82, 2.24) is 0 Å². The standard InChI is InChI=1S/C18H16F2O2S/c19-15-4-1-3-12(9-15)16-5-2-6-17(16)13-7-8-14(11-23(21)22)18(20)10-13/h1,3-4,7-10H,2,5-6,11H2,(H,21,22). The molecule has 1 unspecified atom stereocenters. The third kappa shape index (κ3) is 3.57. The minimum Gasteiger partial charge on any atom is -0.306 e. The summed E-state index contributed by atoms with van der Waals surface area (Å²) in [5, 5.41) is 0. The fraction of sp³-hybridized carbons (Fsp3) is 0.222. The lowest BCUT2D eigenvalue weighted by atomic mass is 9.96. The third-order valence-corrected chi connectivity index (χ3v) is 4.63. The maximum atomic E-state index is 14.1. The Morgan fingerprint density at radius 2 is 1.70 bits per heavy atom. The van der Waals surface area contributed by atoms with Gasteiger partial charge in [0, 0.05) is 5.56 Å². The molecule has 1 aliphatic carbocycles. The second-order valence-electron chi connectivity index (χ2n) is 5.59. The van der Waals surface area contributed by atoms with E-state index in [2.05, 4.69) is 0 Å². The zero-order valence-corrected chi connectivity index (χ0v) is 13.2. The quantitative estimate of drug-likeness (QED) is 0.817. The monoisotopic (exact) mass is 334 g/mol. The largest absolute Gasteiger partial charge is 0.306 e. The number of rotatable bonds is 4. The second-order valence-corrected chi connectivity index (χ2v) is 6.52. The molecule has 5 heteroatoms. The van der Waals surface area contributed by atoms with Crippen LogP contribution in [-0.2, 0) is 16.8 Å². The van der Waals surface area contributed by atoms with Crippen LogP contribution in [0.4, 0.5) is 8.78 Å². The Balaban J connectivity index is 2.00. The number of halogens is 2. The summed E-state index contributed by atoms with van der Waals surface area (Å²) in [5.74, 6) is -0.988. The van der Waals surface area contributed by atoms with Crippen LogP contribution in [0.15, 0.2) is 42.5 Å². The van der Waals surface area contributed by atoms with Crippen molar-refractivity contribution in [1.29, 1.82) is 0 Å². The fourth-order valence-electron chi connectivity index (χ4n) is 3.04. The molecule has 23 heavy (non-hydrogen) atoms. The molecule has 2 aromatic rings. The van der Waals surface area contributed by atoms with Crippen molar-refractivity contribution in [3.8, 4) is 0 Å². The molecule has 1 N–H and O–H groups in total. The molecule has 0 aliphatic heterocycles. The predicted molar refractivity (Wildman–Crippen MR) is 87.9 cm³/mol. The van der Waals surface area contributed by atoms with Gasteiger partial charge in [-0.3, -0.25) is 0 Å². The highest BCUT2D eigenvalue weighted by Gasteiger charge is 2.19. The molecule has 0 aromatic heterocycles. The maximum absolute atomic E-state index is 14.1. The second kappa shape index (κ2) is 6.72. The van der Waals surface area contributed by atoms with E-state index in [4.69, 9.17) is 4.55 Å². The van der Waals surface area contributed by atoms with Gasteiger partial charge in [0.05, 0.1) is 5.75 Å². The normalized spacial score (nSPS) is 16.0. The average Bonchev–Trinajstić information content (AvgIpc) is 2.98. The molecule has 2 nitrogen and oxygen atoms in total. The van der Waals surface area contributed by atoms with Gasteiger partial charge in [0.15, 0.2) is 11.1 Å². The molecule has 0 spiro atoms. The molecule has 1 aliphatic rings. The van der Waals surface area contributed by atoms with E-state index >= 15 is 0 Å². The van der Waals surface area contributed by atoms with Crippen molar-refractivity contribution >= 4 is 22.2 Å². The van der Waals surface area contributed by atoms with Crippen LogP contribution in [0.25, 0.3) is 11.1 Å². The van der Waals surface area contributed by atoms with E-state index in [1.54, 1.807) is 18.2 Å². The minimum absolute atomic E-state index is 0.220. The molecule has 0 saturated heterocycles. The van der Waals surface area contributed by atoms with Crippen molar-refractivity contribution < 1.29 is 17.5 Å². The highest BCUT2D eigenvalue weighted by molar-refractivity contribution is 7.78. The molecule has 0 saturated carbocycles. The molecular formula is C18H16F2O2S. The smallest absolute Gasteiger partial charge is 0.157 e. The fourth-order valence-corrected chi connectivity index (χ4v) is 3.54. The molecule has 0 bridgehead atoms. The van der Waals surface area contributed by atoms with E-state index in [9.17, 15) is 13.0 Å².